The van der Waals surface area contributed by atoms with Crippen LogP contribution in [0.4, 0.5) is 0 Å². The van der Waals surface area contributed by atoms with Gasteiger partial charge in [0.15, 0.2) is 0 Å². The van der Waals surface area contributed by atoms with Crippen molar-refractivity contribution in [3.8, 4) is 0 Å². The predicted molar refractivity (Wildman–Crippen MR) is 119 cm³/mol. The molecule has 8 heteroatoms. The molecule has 30 heavy (non-hydrogen) atoms. The number of hydrogen-bond donors (Lipinski definition) is 1. The van der Waals surface area contributed by atoms with E-state index in [1.165, 1.54) is 11.5 Å². The summed E-state index contributed by atoms with van der Waals surface area (Å²) in [7, 11) is 0. The van der Waals surface area contributed by atoms with Crippen LogP contribution in [0.3, 0.4) is 0 Å². The van der Waals surface area contributed by atoms with Crippen LogP contribution in [0.5, 0.6) is 0 Å². The SMILES string of the molecule is O=C(Cc1nsc2ccc(CN3CCOCC3)cc2c1=O)NCc1ccc(Cl)cc1. The Kier molecular flexibility index (Phi) is 6.74. The maximum Gasteiger partial charge on any atom is 0.226 e. The van der Waals surface area contributed by atoms with E-state index >= 15 is 0 Å². The van der Waals surface area contributed by atoms with Crippen LogP contribution in [-0.2, 0) is 29.0 Å². The third-order valence-electron chi connectivity index (χ3n) is 5.05. The fourth-order valence-corrected chi connectivity index (χ4v) is 4.24. The Labute approximate surface area is 183 Å². The molecule has 0 saturated carbocycles. The number of rotatable bonds is 6. The van der Waals surface area contributed by atoms with Crippen LogP contribution in [0, 0.1) is 0 Å². The van der Waals surface area contributed by atoms with Crippen LogP contribution in [0.1, 0.15) is 16.8 Å². The molecule has 0 aliphatic carbocycles. The summed E-state index contributed by atoms with van der Waals surface area (Å²) in [6.45, 7) is 4.41. The Morgan fingerprint density at radius 1 is 1.13 bits per heavy atom. The highest BCUT2D eigenvalue weighted by Gasteiger charge is 2.14. The van der Waals surface area contributed by atoms with Gasteiger partial charge < -0.3 is 10.1 Å². The molecule has 156 valence electrons. The van der Waals surface area contributed by atoms with Crippen molar-refractivity contribution in [1.82, 2.24) is 14.6 Å². The zero-order valence-corrected chi connectivity index (χ0v) is 18.0. The third-order valence-corrected chi connectivity index (χ3v) is 6.16. The molecule has 1 fully saturated rings. The molecule has 2 aromatic carbocycles. The number of amides is 1. The minimum absolute atomic E-state index is 0.0352. The maximum absolute atomic E-state index is 12.9. The number of fused-ring (bicyclic) bond motifs is 1. The quantitative estimate of drug-likeness (QED) is 0.634. The highest BCUT2D eigenvalue weighted by Crippen LogP contribution is 2.18. The van der Waals surface area contributed by atoms with Crippen LogP contribution >= 0.6 is 23.1 Å². The van der Waals surface area contributed by atoms with Gasteiger partial charge in [-0.1, -0.05) is 29.8 Å². The summed E-state index contributed by atoms with van der Waals surface area (Å²) in [4.78, 5) is 27.6. The summed E-state index contributed by atoms with van der Waals surface area (Å²) < 4.78 is 10.5. The normalized spacial score (nSPS) is 14.7. The van der Waals surface area contributed by atoms with E-state index in [9.17, 15) is 9.59 Å². The average Bonchev–Trinajstić information content (AvgIpc) is 2.76. The molecular formula is C22H22ClN3O3S. The third kappa shape index (κ3) is 5.23. The Morgan fingerprint density at radius 2 is 1.87 bits per heavy atom. The summed E-state index contributed by atoms with van der Waals surface area (Å²) in [5, 5.41) is 4.11. The molecular weight excluding hydrogens is 422 g/mol. The molecule has 0 radical (unpaired) electrons. The van der Waals surface area contributed by atoms with Crippen LogP contribution in [0.25, 0.3) is 10.1 Å². The molecule has 1 aliphatic heterocycles. The van der Waals surface area contributed by atoms with Crippen LogP contribution < -0.4 is 10.7 Å². The lowest BCUT2D eigenvalue weighted by molar-refractivity contribution is -0.120. The van der Waals surface area contributed by atoms with Crippen molar-refractivity contribution in [2.75, 3.05) is 26.3 Å². The van der Waals surface area contributed by atoms with Gasteiger partial charge in [-0.15, -0.1) is 0 Å². The fourth-order valence-electron chi connectivity index (χ4n) is 3.38. The second-order valence-electron chi connectivity index (χ2n) is 7.26. The molecule has 0 atom stereocenters. The standard InChI is InChI=1S/C22H22ClN3O3S/c23-17-4-1-15(2-5-17)13-24-21(27)12-19-22(28)18-11-16(3-6-20(18)30-25-19)14-26-7-9-29-10-8-26/h1-6,11H,7-10,12-14H2,(H,24,27). The topological polar surface area (TPSA) is 71.5 Å². The minimum atomic E-state index is -0.231. The number of aromatic nitrogens is 1. The number of morpholine rings is 1. The first kappa shape index (κ1) is 20.9. The second kappa shape index (κ2) is 9.66. The second-order valence-corrected chi connectivity index (χ2v) is 8.50. The summed E-state index contributed by atoms with van der Waals surface area (Å²) >= 11 is 7.13. The van der Waals surface area contributed by atoms with E-state index in [2.05, 4.69) is 14.6 Å². The van der Waals surface area contributed by atoms with Crippen molar-refractivity contribution >= 4 is 39.1 Å². The van der Waals surface area contributed by atoms with Gasteiger partial charge in [-0.05, 0) is 46.9 Å². The summed E-state index contributed by atoms with van der Waals surface area (Å²) in [5.41, 5.74) is 2.13. The van der Waals surface area contributed by atoms with Crippen molar-refractivity contribution in [3.05, 3.63) is 74.5 Å². The number of nitrogens with one attached hydrogen (secondary N) is 1. The molecule has 4 rings (SSSR count). The van der Waals surface area contributed by atoms with E-state index in [1.54, 1.807) is 12.1 Å². The molecule has 0 spiro atoms. The van der Waals surface area contributed by atoms with Crippen LogP contribution in [0.15, 0.2) is 47.3 Å². The molecule has 1 N–H and O–H groups in total. The van der Waals surface area contributed by atoms with Crippen molar-refractivity contribution in [3.63, 3.8) is 0 Å². The van der Waals surface area contributed by atoms with Crippen molar-refractivity contribution in [1.29, 1.82) is 0 Å². The molecule has 1 aromatic heterocycles. The van der Waals surface area contributed by atoms with Crippen LogP contribution in [0.2, 0.25) is 5.02 Å². The molecule has 0 unspecified atom stereocenters. The largest absolute Gasteiger partial charge is 0.379 e. The van der Waals surface area contributed by atoms with Crippen LogP contribution in [-0.4, -0.2) is 41.5 Å². The van der Waals surface area contributed by atoms with Gasteiger partial charge in [-0.25, -0.2) is 0 Å². The van der Waals surface area contributed by atoms with E-state index in [0.29, 0.717) is 17.0 Å². The van der Waals surface area contributed by atoms with Gasteiger partial charge in [0.05, 0.1) is 24.3 Å². The minimum Gasteiger partial charge on any atom is -0.379 e. The summed E-state index contributed by atoms with van der Waals surface area (Å²) in [6.07, 6.45) is -0.0352. The summed E-state index contributed by atoms with van der Waals surface area (Å²) in [5.74, 6) is -0.231. The smallest absolute Gasteiger partial charge is 0.226 e. The number of nitrogens with zero attached hydrogens (tertiary/aromatic N) is 2. The monoisotopic (exact) mass is 443 g/mol. The molecule has 2 heterocycles. The number of carbonyl (C=O) groups is 1. The van der Waals surface area contributed by atoms with E-state index in [1.807, 2.05) is 30.3 Å². The first-order valence-corrected chi connectivity index (χ1v) is 11.0. The van der Waals surface area contributed by atoms with E-state index in [-0.39, 0.29) is 23.5 Å². The molecule has 3 aromatic rings. The highest BCUT2D eigenvalue weighted by molar-refractivity contribution is 7.12. The molecule has 6 nitrogen and oxygen atoms in total. The van der Waals surface area contributed by atoms with Gasteiger partial charge in [0.25, 0.3) is 0 Å². The lowest BCUT2D eigenvalue weighted by atomic mass is 10.1. The number of benzene rings is 2. The van der Waals surface area contributed by atoms with E-state index in [0.717, 1.165) is 48.7 Å². The van der Waals surface area contributed by atoms with Gasteiger partial charge in [0, 0.05) is 36.6 Å². The van der Waals surface area contributed by atoms with Gasteiger partial charge in [0.1, 0.15) is 5.69 Å². The highest BCUT2D eigenvalue weighted by atomic mass is 35.5. The number of carbonyl (C=O) groups excluding carboxylic acids is 1. The van der Waals surface area contributed by atoms with E-state index < -0.39 is 0 Å². The Morgan fingerprint density at radius 3 is 2.63 bits per heavy atom. The van der Waals surface area contributed by atoms with Crippen molar-refractivity contribution < 1.29 is 9.53 Å². The van der Waals surface area contributed by atoms with Crippen molar-refractivity contribution in [2.45, 2.75) is 19.5 Å². The first-order valence-electron chi connectivity index (χ1n) is 9.81. The number of hydrogen-bond acceptors (Lipinski definition) is 6. The zero-order valence-electron chi connectivity index (χ0n) is 16.4. The fraction of sp³-hybridized carbons (Fsp3) is 0.318. The van der Waals surface area contributed by atoms with Gasteiger partial charge in [0.2, 0.25) is 11.3 Å². The number of halogens is 1. The Hall–Kier alpha value is -2.32. The molecule has 1 amide bonds. The summed E-state index contributed by atoms with van der Waals surface area (Å²) in [6, 6.07) is 13.2. The lowest BCUT2D eigenvalue weighted by Gasteiger charge is -2.26. The number of ether oxygens (including phenoxy) is 1. The maximum atomic E-state index is 12.9. The van der Waals surface area contributed by atoms with E-state index in [4.69, 9.17) is 16.3 Å². The van der Waals surface area contributed by atoms with Gasteiger partial charge in [-0.2, -0.15) is 4.37 Å². The predicted octanol–water partition coefficient (Wildman–Crippen LogP) is 3.00. The molecule has 1 aliphatic rings. The van der Waals surface area contributed by atoms with Gasteiger partial charge >= 0.3 is 0 Å². The lowest BCUT2D eigenvalue weighted by Crippen LogP contribution is -2.35. The van der Waals surface area contributed by atoms with Crippen molar-refractivity contribution in [2.24, 2.45) is 0 Å². The molecule has 1 saturated heterocycles. The average molecular weight is 444 g/mol. The zero-order chi connectivity index (χ0) is 20.9. The molecule has 0 bridgehead atoms. The Balaban J connectivity index is 1.45. The first-order chi connectivity index (χ1) is 14.6. The van der Waals surface area contributed by atoms with Gasteiger partial charge in [-0.3, -0.25) is 14.5 Å². The Bertz CT molecular complexity index is 1090.